The Hall–Kier alpha value is -3.50. The fraction of sp³-hybridized carbons (Fsp3) is 0.611. The van der Waals surface area contributed by atoms with Crippen LogP contribution >= 0.6 is 0 Å². The fourth-order valence-electron chi connectivity index (χ4n) is 8.13. The molecule has 6 rings (SSSR count). The second kappa shape index (κ2) is 14.5. The first-order chi connectivity index (χ1) is 22.4. The molecule has 46 heavy (non-hydrogen) atoms. The molecule has 6 atom stereocenters. The van der Waals surface area contributed by atoms with E-state index in [0.29, 0.717) is 32.4 Å². The first-order valence-electron chi connectivity index (χ1n) is 17.2. The number of nitrogens with zero attached hydrogens (tertiary/aromatic N) is 2. The third-order valence-electron chi connectivity index (χ3n) is 10.4. The Morgan fingerprint density at radius 2 is 1.72 bits per heavy atom. The van der Waals surface area contributed by atoms with Gasteiger partial charge in [0, 0.05) is 32.2 Å². The van der Waals surface area contributed by atoms with Crippen LogP contribution in [0.25, 0.3) is 0 Å². The number of hydrogen-bond donors (Lipinski definition) is 2. The van der Waals surface area contributed by atoms with E-state index in [4.69, 9.17) is 9.47 Å². The molecule has 0 bridgehead atoms. The van der Waals surface area contributed by atoms with Crippen molar-refractivity contribution in [1.29, 1.82) is 0 Å². The predicted molar refractivity (Wildman–Crippen MR) is 170 cm³/mol. The molecule has 4 heterocycles. The van der Waals surface area contributed by atoms with Crippen molar-refractivity contribution in [2.75, 3.05) is 26.2 Å². The molecule has 2 N–H and O–H groups in total. The molecule has 0 aromatic heterocycles. The lowest BCUT2D eigenvalue weighted by Gasteiger charge is -2.39. The van der Waals surface area contributed by atoms with E-state index >= 15 is 0 Å². The van der Waals surface area contributed by atoms with Crippen molar-refractivity contribution >= 4 is 23.7 Å². The highest BCUT2D eigenvalue weighted by atomic mass is 16.6. The monoisotopic (exact) mass is 633 g/mol. The Morgan fingerprint density at radius 1 is 0.935 bits per heavy atom. The van der Waals surface area contributed by atoms with Gasteiger partial charge in [0.2, 0.25) is 17.7 Å². The first-order valence-corrected chi connectivity index (χ1v) is 17.2. The number of unbranched alkanes of at least 4 members (excludes halogenated alkanes) is 3. The maximum absolute atomic E-state index is 14.7. The molecule has 1 aromatic rings. The fourth-order valence-corrected chi connectivity index (χ4v) is 8.13. The molecule has 0 unspecified atom stereocenters. The molecule has 1 spiro atoms. The van der Waals surface area contributed by atoms with Crippen LogP contribution in [0, 0.1) is 11.8 Å². The molecule has 3 amide bonds. The van der Waals surface area contributed by atoms with E-state index in [2.05, 4.69) is 5.32 Å². The maximum Gasteiger partial charge on any atom is 0.313 e. The average molecular weight is 634 g/mol. The molecule has 2 saturated heterocycles. The van der Waals surface area contributed by atoms with Gasteiger partial charge in [-0.05, 0) is 37.7 Å². The van der Waals surface area contributed by atoms with E-state index in [9.17, 15) is 24.3 Å². The van der Waals surface area contributed by atoms with Crippen LogP contribution in [0.2, 0.25) is 0 Å². The van der Waals surface area contributed by atoms with Gasteiger partial charge in [0.15, 0.2) is 0 Å². The summed E-state index contributed by atoms with van der Waals surface area (Å²) in [4.78, 5) is 59.7. The number of ether oxygens (including phenoxy) is 2. The SMILES string of the molecule is O=C1CC/C=C\[C@H]2O[C@]34C=CCN(C5CCCCC5)C(=O)[C@H]3N(CCCCCCO)C(=O)[C@@H]4[C@H]2C(=O)O[C@H](c2ccccc2)CN1. The number of rotatable bonds is 8. The summed E-state index contributed by atoms with van der Waals surface area (Å²) in [5.41, 5.74) is -0.584. The second-order valence-corrected chi connectivity index (χ2v) is 13.3. The average Bonchev–Trinajstić information content (AvgIpc) is 3.45. The summed E-state index contributed by atoms with van der Waals surface area (Å²) in [7, 11) is 0. The van der Waals surface area contributed by atoms with Gasteiger partial charge in [0.05, 0.1) is 18.6 Å². The van der Waals surface area contributed by atoms with E-state index in [1.54, 1.807) is 11.0 Å². The number of nitrogens with one attached hydrogen (secondary N) is 1. The zero-order valence-electron chi connectivity index (χ0n) is 26.6. The largest absolute Gasteiger partial charge is 0.455 e. The van der Waals surface area contributed by atoms with E-state index in [1.165, 1.54) is 0 Å². The Bertz CT molecular complexity index is 1330. The highest BCUT2D eigenvalue weighted by Gasteiger charge is 2.71. The van der Waals surface area contributed by atoms with Crippen LogP contribution in [0.4, 0.5) is 0 Å². The van der Waals surface area contributed by atoms with E-state index in [-0.39, 0.29) is 43.3 Å². The number of benzene rings is 1. The number of aliphatic hydroxyl groups excluding tert-OH is 1. The van der Waals surface area contributed by atoms with Crippen molar-refractivity contribution in [3.05, 3.63) is 60.2 Å². The molecule has 10 heteroatoms. The van der Waals surface area contributed by atoms with Gasteiger partial charge in [0.25, 0.3) is 0 Å². The smallest absolute Gasteiger partial charge is 0.313 e. The summed E-state index contributed by atoms with van der Waals surface area (Å²) in [6.07, 6.45) is 14.8. The molecule has 1 saturated carbocycles. The van der Waals surface area contributed by atoms with Gasteiger partial charge in [0.1, 0.15) is 23.7 Å². The van der Waals surface area contributed by atoms with Gasteiger partial charge >= 0.3 is 5.97 Å². The number of carbonyl (C=O) groups excluding carboxylic acids is 4. The maximum atomic E-state index is 14.7. The van der Waals surface area contributed by atoms with E-state index in [1.807, 2.05) is 53.5 Å². The number of hydrogen-bond acceptors (Lipinski definition) is 7. The molecule has 248 valence electrons. The van der Waals surface area contributed by atoms with Gasteiger partial charge < -0.3 is 29.7 Å². The highest BCUT2D eigenvalue weighted by molar-refractivity contribution is 5.99. The summed E-state index contributed by atoms with van der Waals surface area (Å²) < 4.78 is 13.0. The second-order valence-electron chi connectivity index (χ2n) is 13.3. The molecule has 4 aliphatic heterocycles. The lowest BCUT2D eigenvalue weighted by atomic mass is 9.77. The number of cyclic esters (lactones) is 1. The van der Waals surface area contributed by atoms with Gasteiger partial charge in [-0.25, -0.2) is 0 Å². The zero-order valence-corrected chi connectivity index (χ0v) is 26.6. The topological polar surface area (TPSA) is 125 Å². The summed E-state index contributed by atoms with van der Waals surface area (Å²) >= 11 is 0. The minimum absolute atomic E-state index is 0.109. The molecule has 5 aliphatic rings. The van der Waals surface area contributed by atoms with Crippen LogP contribution in [0.3, 0.4) is 0 Å². The normalized spacial score (nSPS) is 32.8. The number of likely N-dealkylation sites (tertiary alicyclic amines) is 1. The number of esters is 1. The van der Waals surface area contributed by atoms with Crippen LogP contribution in [-0.4, -0.2) is 88.6 Å². The number of fused-ring (bicyclic) bond motifs is 2. The quantitative estimate of drug-likeness (QED) is 0.255. The zero-order chi connectivity index (χ0) is 32.1. The molecule has 3 fully saturated rings. The van der Waals surface area contributed by atoms with Crippen molar-refractivity contribution < 1.29 is 33.8 Å². The van der Waals surface area contributed by atoms with Crippen molar-refractivity contribution in [3.63, 3.8) is 0 Å². The molecule has 10 nitrogen and oxygen atoms in total. The third kappa shape index (κ3) is 6.38. The van der Waals surface area contributed by atoms with Crippen LogP contribution in [0.5, 0.6) is 0 Å². The molecular formula is C36H47N3O7. The number of amides is 3. The molecular weight excluding hydrogens is 586 g/mol. The molecule has 1 aromatic carbocycles. The molecule has 1 aliphatic carbocycles. The first kappa shape index (κ1) is 32.4. The van der Waals surface area contributed by atoms with Gasteiger partial charge in [-0.1, -0.05) is 86.7 Å². The summed E-state index contributed by atoms with van der Waals surface area (Å²) in [6.45, 7) is 1.04. The number of aliphatic hydroxyl groups is 1. The number of allylic oxidation sites excluding steroid dienone is 1. The lowest BCUT2D eigenvalue weighted by Crippen LogP contribution is -2.57. The summed E-state index contributed by atoms with van der Waals surface area (Å²) in [5, 5.41) is 12.1. The van der Waals surface area contributed by atoms with Crippen molar-refractivity contribution in [3.8, 4) is 0 Å². The Morgan fingerprint density at radius 3 is 2.50 bits per heavy atom. The molecule has 0 radical (unpaired) electrons. The van der Waals surface area contributed by atoms with Crippen LogP contribution in [0.15, 0.2) is 54.6 Å². The van der Waals surface area contributed by atoms with Crippen molar-refractivity contribution in [1.82, 2.24) is 15.1 Å². The van der Waals surface area contributed by atoms with Crippen LogP contribution < -0.4 is 5.32 Å². The van der Waals surface area contributed by atoms with Gasteiger partial charge in [-0.2, -0.15) is 0 Å². The highest BCUT2D eigenvalue weighted by Crippen LogP contribution is 2.53. The van der Waals surface area contributed by atoms with Crippen LogP contribution in [-0.2, 0) is 28.7 Å². The van der Waals surface area contributed by atoms with Gasteiger partial charge in [-0.15, -0.1) is 0 Å². The van der Waals surface area contributed by atoms with Crippen LogP contribution in [0.1, 0.15) is 82.3 Å². The minimum atomic E-state index is -1.32. The Labute approximate surface area is 271 Å². The Kier molecular flexibility index (Phi) is 10.2. The number of carbonyl (C=O) groups is 4. The summed E-state index contributed by atoms with van der Waals surface area (Å²) in [6, 6.07) is 8.49. The van der Waals surface area contributed by atoms with E-state index in [0.717, 1.165) is 50.5 Å². The van der Waals surface area contributed by atoms with Crippen molar-refractivity contribution in [2.45, 2.75) is 101 Å². The third-order valence-corrected chi connectivity index (χ3v) is 10.4. The predicted octanol–water partition coefficient (Wildman–Crippen LogP) is 3.60. The minimum Gasteiger partial charge on any atom is -0.455 e. The summed E-state index contributed by atoms with van der Waals surface area (Å²) in [5.74, 6) is -3.00. The Balaban J connectivity index is 1.37. The standard InChI is InChI=1S/C36H47N3O7/c40-23-12-2-1-11-21-39-32-34(43)38(26-16-7-4-8-17-26)22-13-20-36(32)31(33(39)42)30-27(46-36)18-9-10-19-29(41)37-24-28(45-35(30)44)25-14-5-3-6-15-25/h3,5-6,9,13-15,18,20,26-28,30-32,40H,1-2,4,7-8,10-12,16-17,19,21-24H2,(H,37,41)/b18-9-/t27-,28+,30+,31+,32-,36+/m1/s1. The van der Waals surface area contributed by atoms with Crippen molar-refractivity contribution in [2.24, 2.45) is 11.8 Å². The van der Waals surface area contributed by atoms with E-state index < -0.39 is 41.7 Å². The van der Waals surface area contributed by atoms with Gasteiger partial charge in [-0.3, -0.25) is 19.2 Å². The lowest BCUT2D eigenvalue weighted by molar-refractivity contribution is -0.160.